The molecule has 0 saturated carbocycles. The summed E-state index contributed by atoms with van der Waals surface area (Å²) in [5.41, 5.74) is -4.45. The fourth-order valence-electron chi connectivity index (χ4n) is 0.186. The number of nitrogens with zero attached hydrogens (tertiary/aromatic N) is 2. The molecule has 0 bridgehead atoms. The molecule has 8 heteroatoms. The Kier molecular flexibility index (Phi) is 4.26. The molecule has 0 aromatic carbocycles. The molecule has 0 rings (SSSR count). The molecule has 0 aromatic rings. The Balaban J connectivity index is 3.81. The first kappa shape index (κ1) is 10.2. The van der Waals surface area contributed by atoms with Crippen LogP contribution in [0.4, 0.5) is 17.9 Å². The van der Waals surface area contributed by atoms with Gasteiger partial charge >= 0.3 is 0 Å². The summed E-state index contributed by atoms with van der Waals surface area (Å²) in [5, 5.41) is -3.21. The Labute approximate surface area is 63.6 Å². The van der Waals surface area contributed by atoms with Crippen LogP contribution in [0.2, 0.25) is 0 Å². The predicted octanol–water partition coefficient (Wildman–Crippen LogP) is 2.26. The maximum Gasteiger partial charge on any atom is 0.181 e. The van der Waals surface area contributed by atoms with Crippen LogP contribution in [0.15, 0.2) is 0 Å². The van der Waals surface area contributed by atoms with Crippen LogP contribution in [-0.2, 0) is 0 Å². The summed E-state index contributed by atoms with van der Waals surface area (Å²) in [6.07, 6.45) is 0. The summed E-state index contributed by atoms with van der Waals surface area (Å²) in [4.78, 5) is 0. The van der Waals surface area contributed by atoms with Crippen molar-refractivity contribution in [3.8, 4) is 0 Å². The smallest absolute Gasteiger partial charge is 0.0998 e. The highest BCUT2D eigenvalue weighted by Crippen LogP contribution is 2.19. The standard InChI is InChI=1S/C2H2Cl2F4N2/c3-1(9(5)6)2(4)10(7)8/h1-2H. The molecule has 0 aliphatic carbocycles. The molecule has 0 aromatic heterocycles. The summed E-state index contributed by atoms with van der Waals surface area (Å²) in [7, 11) is 0. The Hall–Kier alpha value is 0.220. The molecule has 0 aliphatic rings. The van der Waals surface area contributed by atoms with Crippen molar-refractivity contribution in [2.45, 2.75) is 11.0 Å². The molecule has 0 spiro atoms. The van der Waals surface area contributed by atoms with Gasteiger partial charge in [-0.3, -0.25) is 0 Å². The van der Waals surface area contributed by atoms with Crippen LogP contribution < -0.4 is 0 Å². The van der Waals surface area contributed by atoms with E-state index in [1.54, 1.807) is 0 Å². The van der Waals surface area contributed by atoms with Crippen molar-refractivity contribution >= 4 is 23.2 Å². The van der Waals surface area contributed by atoms with Crippen LogP contribution >= 0.6 is 23.2 Å². The molecule has 0 amide bonds. The zero-order chi connectivity index (χ0) is 8.31. The van der Waals surface area contributed by atoms with Gasteiger partial charge in [-0.25, -0.2) is 0 Å². The Morgan fingerprint density at radius 1 is 0.800 bits per heavy atom. The maximum absolute atomic E-state index is 11.3. The first-order valence-corrected chi connectivity index (χ1v) is 2.84. The zero-order valence-corrected chi connectivity index (χ0v) is 5.83. The topological polar surface area (TPSA) is 6.48 Å². The Morgan fingerprint density at radius 2 is 1.00 bits per heavy atom. The lowest BCUT2D eigenvalue weighted by Crippen LogP contribution is -2.32. The van der Waals surface area contributed by atoms with Crippen molar-refractivity contribution in [2.24, 2.45) is 0 Å². The van der Waals surface area contributed by atoms with Gasteiger partial charge in [-0.1, -0.05) is 41.1 Å². The molecule has 0 radical (unpaired) electrons. The molecular weight excluding hydrogens is 199 g/mol. The Bertz CT molecular complexity index is 89.3. The molecule has 0 N–H and O–H groups in total. The quantitative estimate of drug-likeness (QED) is 0.299. The van der Waals surface area contributed by atoms with E-state index in [1.165, 1.54) is 0 Å². The van der Waals surface area contributed by atoms with E-state index in [0.29, 0.717) is 0 Å². The van der Waals surface area contributed by atoms with E-state index in [1.807, 2.05) is 0 Å². The molecule has 0 aliphatic heterocycles. The third kappa shape index (κ3) is 2.87. The van der Waals surface area contributed by atoms with E-state index < -0.39 is 21.7 Å². The van der Waals surface area contributed by atoms with Gasteiger partial charge in [-0.2, -0.15) is 0 Å². The van der Waals surface area contributed by atoms with Gasteiger partial charge in [0.15, 0.2) is 11.0 Å². The van der Waals surface area contributed by atoms with Crippen LogP contribution in [0.3, 0.4) is 0 Å². The van der Waals surface area contributed by atoms with E-state index in [2.05, 4.69) is 23.2 Å². The second-order valence-electron chi connectivity index (χ2n) is 1.26. The normalized spacial score (nSPS) is 18.0. The van der Waals surface area contributed by atoms with Crippen LogP contribution in [0, 0.1) is 0 Å². The van der Waals surface area contributed by atoms with Crippen LogP contribution in [0.1, 0.15) is 0 Å². The average molecular weight is 201 g/mol. The van der Waals surface area contributed by atoms with Crippen molar-refractivity contribution in [3.63, 3.8) is 0 Å². The highest BCUT2D eigenvalue weighted by molar-refractivity contribution is 6.29. The van der Waals surface area contributed by atoms with Crippen molar-refractivity contribution in [1.29, 1.82) is 0 Å². The fraction of sp³-hybridized carbons (Fsp3) is 1.00. The summed E-state index contributed by atoms with van der Waals surface area (Å²) < 4.78 is 45.2. The second kappa shape index (κ2) is 4.17. The molecule has 10 heavy (non-hydrogen) atoms. The summed E-state index contributed by atoms with van der Waals surface area (Å²) >= 11 is 9.37. The first-order chi connectivity index (χ1) is 4.46. The minimum Gasteiger partial charge on any atom is -0.0998 e. The van der Waals surface area contributed by atoms with Gasteiger partial charge in [0.25, 0.3) is 0 Å². The maximum atomic E-state index is 11.3. The SMILES string of the molecule is FN(F)C(Cl)C(Cl)N(F)F. The van der Waals surface area contributed by atoms with E-state index >= 15 is 0 Å². The highest BCUT2D eigenvalue weighted by atomic mass is 35.5. The van der Waals surface area contributed by atoms with E-state index in [0.717, 1.165) is 0 Å². The predicted molar refractivity (Wildman–Crippen MR) is 27.4 cm³/mol. The van der Waals surface area contributed by atoms with Gasteiger partial charge in [0.05, 0.1) is 0 Å². The van der Waals surface area contributed by atoms with Crippen LogP contribution in [-0.4, -0.2) is 21.7 Å². The molecule has 0 heterocycles. The monoisotopic (exact) mass is 200 g/mol. The zero-order valence-electron chi connectivity index (χ0n) is 4.32. The van der Waals surface area contributed by atoms with Gasteiger partial charge < -0.3 is 0 Å². The van der Waals surface area contributed by atoms with Crippen molar-refractivity contribution in [3.05, 3.63) is 0 Å². The molecule has 0 saturated heterocycles. The van der Waals surface area contributed by atoms with Crippen LogP contribution in [0.5, 0.6) is 0 Å². The van der Waals surface area contributed by atoms with E-state index in [9.17, 15) is 17.9 Å². The lowest BCUT2D eigenvalue weighted by molar-refractivity contribution is -0.222. The van der Waals surface area contributed by atoms with Gasteiger partial charge in [-0.05, 0) is 0 Å². The summed E-state index contributed by atoms with van der Waals surface area (Å²) in [5.74, 6) is 0. The summed E-state index contributed by atoms with van der Waals surface area (Å²) in [6, 6.07) is 0. The molecule has 0 fully saturated rings. The van der Waals surface area contributed by atoms with Crippen molar-refractivity contribution < 1.29 is 17.9 Å². The molecule has 62 valence electrons. The lowest BCUT2D eigenvalue weighted by atomic mass is 10.7. The van der Waals surface area contributed by atoms with Gasteiger partial charge in [0, 0.05) is 10.7 Å². The van der Waals surface area contributed by atoms with Crippen LogP contribution in [0.25, 0.3) is 0 Å². The Morgan fingerprint density at radius 3 is 1.10 bits per heavy atom. The van der Waals surface area contributed by atoms with Gasteiger partial charge in [0.2, 0.25) is 0 Å². The van der Waals surface area contributed by atoms with Crippen molar-refractivity contribution in [2.75, 3.05) is 0 Å². The largest absolute Gasteiger partial charge is 0.181 e. The average Bonchev–Trinajstić information content (AvgIpc) is 1.84. The number of halogens is 6. The number of alkyl halides is 2. The third-order valence-electron chi connectivity index (χ3n) is 0.600. The number of rotatable bonds is 3. The molecular formula is C2H2Cl2F4N2. The van der Waals surface area contributed by atoms with Gasteiger partial charge in [0.1, 0.15) is 0 Å². The lowest BCUT2D eigenvalue weighted by Gasteiger charge is -2.14. The third-order valence-corrected chi connectivity index (χ3v) is 1.50. The fourth-order valence-corrected chi connectivity index (χ4v) is 0.356. The molecule has 2 atom stereocenters. The second-order valence-corrected chi connectivity index (χ2v) is 2.16. The van der Waals surface area contributed by atoms with E-state index in [4.69, 9.17) is 0 Å². The van der Waals surface area contributed by atoms with E-state index in [-0.39, 0.29) is 0 Å². The number of hydrogen-bond donors (Lipinski definition) is 0. The highest BCUT2D eigenvalue weighted by Gasteiger charge is 2.30. The molecule has 2 nitrogen and oxygen atoms in total. The summed E-state index contributed by atoms with van der Waals surface area (Å²) in [6.45, 7) is 0. The van der Waals surface area contributed by atoms with Crippen molar-refractivity contribution in [1.82, 2.24) is 10.7 Å². The molecule has 2 unspecified atom stereocenters. The minimum atomic E-state index is -2.23. The number of hydrogen-bond acceptors (Lipinski definition) is 2. The minimum absolute atomic E-state index is 1.61. The van der Waals surface area contributed by atoms with Gasteiger partial charge in [-0.15, -0.1) is 0 Å². The first-order valence-electron chi connectivity index (χ1n) is 1.96.